The number of hydrogen-bond donors (Lipinski definition) is 1. The van der Waals surface area contributed by atoms with E-state index < -0.39 is 23.2 Å². The lowest BCUT2D eigenvalue weighted by Crippen LogP contribution is -2.38. The van der Waals surface area contributed by atoms with Crippen LogP contribution >= 0.6 is 0 Å². The van der Waals surface area contributed by atoms with Crippen molar-refractivity contribution in [2.45, 2.75) is 13.8 Å². The summed E-state index contributed by atoms with van der Waals surface area (Å²) < 4.78 is 0.992. The van der Waals surface area contributed by atoms with Gasteiger partial charge in [-0.1, -0.05) is 18.2 Å². The molecule has 0 unspecified atom stereocenters. The molecule has 0 radical (unpaired) electrons. The molecular formula is C17H18N4O4. The fourth-order valence-electron chi connectivity index (χ4n) is 2.20. The van der Waals surface area contributed by atoms with Crippen molar-refractivity contribution in [2.24, 2.45) is 12.0 Å². The number of aliphatic imine (C=N–C) groups is 1. The molecule has 8 heteroatoms. The largest absolute Gasteiger partial charge is 0.350 e. The van der Waals surface area contributed by atoms with Gasteiger partial charge in [0.25, 0.3) is 11.5 Å². The normalized spacial score (nSPS) is 17.2. The molecule has 2 heterocycles. The number of likely N-dealkylation sites (N-methyl/N-ethyl adjacent to an activating group) is 1. The minimum absolute atomic E-state index is 0.322. The maximum atomic E-state index is 12.0. The minimum Gasteiger partial charge on any atom is -0.311 e. The Morgan fingerprint density at radius 1 is 1.00 bits per heavy atom. The van der Waals surface area contributed by atoms with Crippen LogP contribution in [0.5, 0.6) is 0 Å². The van der Waals surface area contributed by atoms with Gasteiger partial charge in [-0.3, -0.25) is 19.1 Å². The number of aryl methyl sites for hydroxylation is 1. The van der Waals surface area contributed by atoms with Crippen LogP contribution in [0.2, 0.25) is 0 Å². The van der Waals surface area contributed by atoms with E-state index in [1.54, 1.807) is 44.2 Å². The number of amides is 3. The van der Waals surface area contributed by atoms with Crippen LogP contribution < -0.4 is 11.2 Å². The highest BCUT2D eigenvalue weighted by Gasteiger charge is 2.26. The Balaban J connectivity index is 2.24. The number of carbonyl (C=O) groups excluding carboxylic acids is 2. The molecule has 0 spiro atoms. The maximum Gasteiger partial charge on any atom is 0.350 e. The van der Waals surface area contributed by atoms with Gasteiger partial charge in [-0.25, -0.2) is 9.59 Å². The Morgan fingerprint density at radius 3 is 2.36 bits per heavy atom. The predicted octanol–water partition coefficient (Wildman–Crippen LogP) is 0.931. The van der Waals surface area contributed by atoms with Gasteiger partial charge in [-0.2, -0.15) is 4.99 Å². The highest BCUT2D eigenvalue weighted by Crippen LogP contribution is 2.12. The molecule has 1 aromatic heterocycles. The van der Waals surface area contributed by atoms with Crippen molar-refractivity contribution in [3.05, 3.63) is 62.0 Å². The van der Waals surface area contributed by atoms with E-state index in [-0.39, 0.29) is 0 Å². The average molecular weight is 342 g/mol. The second-order valence-corrected chi connectivity index (χ2v) is 5.50. The number of aromatic nitrogens is 2. The molecule has 1 aliphatic rings. The number of carbonyl (C=O) groups is 2. The van der Waals surface area contributed by atoms with E-state index >= 15 is 0 Å². The second-order valence-electron chi connectivity index (χ2n) is 5.50. The fourth-order valence-corrected chi connectivity index (χ4v) is 2.20. The molecule has 0 aromatic carbocycles. The molecule has 8 nitrogen and oxygen atoms in total. The summed E-state index contributed by atoms with van der Waals surface area (Å²) in [6.07, 6.45) is 7.98. The monoisotopic (exact) mass is 342 g/mol. The predicted molar refractivity (Wildman–Crippen MR) is 94.6 cm³/mol. The highest BCUT2D eigenvalue weighted by atomic mass is 16.2. The lowest BCUT2D eigenvalue weighted by molar-refractivity contribution is -0.122. The van der Waals surface area contributed by atoms with Gasteiger partial charge in [0.1, 0.15) is 0 Å². The van der Waals surface area contributed by atoms with E-state index in [4.69, 9.17) is 0 Å². The SMILES string of the molecule is CC1=NC(=O)N(C)C(=O)/C1=C\C=CC=Cc1c(C)[nH]c(=O)n(C)c1=O. The van der Waals surface area contributed by atoms with Crippen molar-refractivity contribution in [1.29, 1.82) is 0 Å². The molecule has 1 aromatic rings. The molecule has 1 N–H and O–H groups in total. The van der Waals surface area contributed by atoms with Crippen LogP contribution in [0.3, 0.4) is 0 Å². The molecule has 0 fully saturated rings. The van der Waals surface area contributed by atoms with Crippen LogP contribution in [0.25, 0.3) is 6.08 Å². The first kappa shape index (κ1) is 18.1. The molecule has 0 bridgehead atoms. The second kappa shape index (κ2) is 7.08. The molecule has 130 valence electrons. The third kappa shape index (κ3) is 3.63. The first-order chi connectivity index (χ1) is 11.7. The highest BCUT2D eigenvalue weighted by molar-refractivity contribution is 6.28. The first-order valence-electron chi connectivity index (χ1n) is 7.46. The van der Waals surface area contributed by atoms with E-state index in [0.717, 1.165) is 9.47 Å². The number of hydrogen-bond acceptors (Lipinski definition) is 4. The Bertz CT molecular complexity index is 973. The molecule has 0 aliphatic carbocycles. The fraction of sp³-hybridized carbons (Fsp3) is 0.235. The van der Waals surface area contributed by atoms with Gasteiger partial charge in [-0.05, 0) is 26.0 Å². The summed E-state index contributed by atoms with van der Waals surface area (Å²) in [6.45, 7) is 3.23. The van der Waals surface area contributed by atoms with E-state index in [9.17, 15) is 19.2 Å². The maximum absolute atomic E-state index is 12.0. The van der Waals surface area contributed by atoms with Gasteiger partial charge in [-0.15, -0.1) is 0 Å². The third-order valence-corrected chi connectivity index (χ3v) is 3.76. The Labute approximate surface area is 143 Å². The Hall–Kier alpha value is -3.29. The number of nitrogens with one attached hydrogen (secondary N) is 1. The summed E-state index contributed by atoms with van der Waals surface area (Å²) in [5.41, 5.74) is 0.659. The van der Waals surface area contributed by atoms with Gasteiger partial charge >= 0.3 is 11.7 Å². The zero-order valence-corrected chi connectivity index (χ0v) is 14.4. The van der Waals surface area contributed by atoms with E-state index in [2.05, 4.69) is 9.98 Å². The number of aromatic amines is 1. The van der Waals surface area contributed by atoms with Crippen LogP contribution in [0, 0.1) is 6.92 Å². The minimum atomic E-state index is -0.590. The smallest absolute Gasteiger partial charge is 0.311 e. The molecule has 1 aliphatic heterocycles. The van der Waals surface area contributed by atoms with Crippen LogP contribution in [0.1, 0.15) is 18.2 Å². The summed E-state index contributed by atoms with van der Waals surface area (Å²) in [5, 5.41) is 0. The zero-order valence-electron chi connectivity index (χ0n) is 14.4. The van der Waals surface area contributed by atoms with Gasteiger partial charge in [0.05, 0.1) is 16.8 Å². The standard InChI is InChI=1S/C17H18N4O4/c1-10-12(14(22)20(3)16(24)18-10)8-6-5-7-9-13-11(2)19-17(25)21(4)15(13)23/h5-9H,1-4H3,(H,18,24)/b7-5?,8-6?,13-9-. The summed E-state index contributed by atoms with van der Waals surface area (Å²) in [7, 11) is 2.76. The molecule has 3 amide bonds. The van der Waals surface area contributed by atoms with E-state index in [1.165, 1.54) is 14.1 Å². The third-order valence-electron chi connectivity index (χ3n) is 3.76. The lowest BCUT2D eigenvalue weighted by atomic mass is 10.1. The average Bonchev–Trinajstić information content (AvgIpc) is 2.55. The summed E-state index contributed by atoms with van der Waals surface area (Å²) in [4.78, 5) is 54.2. The summed E-state index contributed by atoms with van der Waals surface area (Å²) in [6, 6.07) is -0.590. The number of H-pyrrole nitrogens is 1. The van der Waals surface area contributed by atoms with Crippen molar-refractivity contribution < 1.29 is 9.59 Å². The molecule has 2 rings (SSSR count). The van der Waals surface area contributed by atoms with Gasteiger partial charge < -0.3 is 4.98 Å². The van der Waals surface area contributed by atoms with E-state index in [0.29, 0.717) is 22.5 Å². The number of allylic oxidation sites excluding steroid dienone is 4. The number of nitrogens with zero attached hydrogens (tertiary/aromatic N) is 3. The van der Waals surface area contributed by atoms with Crippen molar-refractivity contribution in [1.82, 2.24) is 14.5 Å². The van der Waals surface area contributed by atoms with Crippen molar-refractivity contribution >= 4 is 23.7 Å². The number of rotatable bonds is 3. The first-order valence-corrected chi connectivity index (χ1v) is 7.46. The lowest BCUT2D eigenvalue weighted by Gasteiger charge is -2.19. The molecule has 0 saturated carbocycles. The molecular weight excluding hydrogens is 324 g/mol. The Morgan fingerprint density at radius 2 is 1.68 bits per heavy atom. The molecule has 25 heavy (non-hydrogen) atoms. The van der Waals surface area contributed by atoms with Gasteiger partial charge in [0, 0.05) is 19.8 Å². The Kier molecular flexibility index (Phi) is 5.11. The topological polar surface area (TPSA) is 105 Å². The zero-order chi connectivity index (χ0) is 18.7. The van der Waals surface area contributed by atoms with Gasteiger partial charge in [0.2, 0.25) is 0 Å². The number of urea groups is 1. The molecule has 0 saturated heterocycles. The summed E-state index contributed by atoms with van der Waals surface area (Å²) in [5.74, 6) is -0.420. The van der Waals surface area contributed by atoms with Crippen molar-refractivity contribution in [2.75, 3.05) is 7.05 Å². The van der Waals surface area contributed by atoms with Crippen molar-refractivity contribution in [3.8, 4) is 0 Å². The van der Waals surface area contributed by atoms with Crippen LogP contribution in [0.4, 0.5) is 4.79 Å². The van der Waals surface area contributed by atoms with Crippen LogP contribution in [0.15, 0.2) is 44.5 Å². The van der Waals surface area contributed by atoms with Crippen LogP contribution in [-0.2, 0) is 11.8 Å². The molecule has 0 atom stereocenters. The van der Waals surface area contributed by atoms with E-state index in [1.807, 2.05) is 0 Å². The quantitative estimate of drug-likeness (QED) is 0.651. The van der Waals surface area contributed by atoms with Crippen molar-refractivity contribution in [3.63, 3.8) is 0 Å². The van der Waals surface area contributed by atoms with Gasteiger partial charge in [0.15, 0.2) is 0 Å². The summed E-state index contributed by atoms with van der Waals surface area (Å²) >= 11 is 0. The number of imide groups is 1. The van der Waals surface area contributed by atoms with Crippen LogP contribution in [-0.4, -0.2) is 39.1 Å².